The number of benzene rings is 2. The summed E-state index contributed by atoms with van der Waals surface area (Å²) in [5.41, 5.74) is 3.43. The first-order valence-corrected chi connectivity index (χ1v) is 13.3. The number of aryl methyl sites for hydroxylation is 3. The SMILES string of the molecule is CCn1c(CCC(=O)NC(C)c2nc3ccccc3n2CC)nc2cc(S(=O)(=O)N(C)C)ccc21. The van der Waals surface area contributed by atoms with Crippen molar-refractivity contribution in [2.45, 2.75) is 57.6 Å². The Morgan fingerprint density at radius 1 is 1.00 bits per heavy atom. The maximum absolute atomic E-state index is 12.8. The fourth-order valence-corrected chi connectivity index (χ4v) is 5.36. The molecule has 0 saturated heterocycles. The topological polar surface area (TPSA) is 102 Å². The van der Waals surface area contributed by atoms with E-state index in [0.29, 0.717) is 18.5 Å². The van der Waals surface area contributed by atoms with E-state index in [9.17, 15) is 13.2 Å². The van der Waals surface area contributed by atoms with Crippen molar-refractivity contribution in [3.8, 4) is 0 Å². The van der Waals surface area contributed by atoms with Crippen LogP contribution in [0.5, 0.6) is 0 Å². The average Bonchev–Trinajstić information content (AvgIpc) is 3.39. The third-order valence-corrected chi connectivity index (χ3v) is 8.05. The number of aromatic nitrogens is 4. The highest BCUT2D eigenvalue weighted by molar-refractivity contribution is 7.89. The van der Waals surface area contributed by atoms with E-state index in [1.54, 1.807) is 18.2 Å². The van der Waals surface area contributed by atoms with Gasteiger partial charge in [0, 0.05) is 40.0 Å². The van der Waals surface area contributed by atoms with Gasteiger partial charge in [-0.1, -0.05) is 12.1 Å². The van der Waals surface area contributed by atoms with Gasteiger partial charge in [0.05, 0.1) is 33.0 Å². The average molecular weight is 497 g/mol. The summed E-state index contributed by atoms with van der Waals surface area (Å²) in [5.74, 6) is 1.50. The molecule has 0 fully saturated rings. The number of hydrogen-bond donors (Lipinski definition) is 1. The van der Waals surface area contributed by atoms with E-state index in [-0.39, 0.29) is 23.3 Å². The molecular formula is C25H32N6O3S. The summed E-state index contributed by atoms with van der Waals surface area (Å²) in [6, 6.07) is 12.7. The van der Waals surface area contributed by atoms with Gasteiger partial charge < -0.3 is 14.5 Å². The van der Waals surface area contributed by atoms with Gasteiger partial charge in [-0.25, -0.2) is 22.7 Å². The van der Waals surface area contributed by atoms with Crippen molar-refractivity contribution in [1.82, 2.24) is 28.7 Å². The van der Waals surface area contributed by atoms with Crippen LogP contribution in [-0.2, 0) is 34.3 Å². The lowest BCUT2D eigenvalue weighted by Gasteiger charge is -2.15. The van der Waals surface area contributed by atoms with Crippen LogP contribution in [0.25, 0.3) is 22.1 Å². The molecule has 0 bridgehead atoms. The van der Waals surface area contributed by atoms with Gasteiger partial charge in [-0.05, 0) is 51.1 Å². The van der Waals surface area contributed by atoms with Crippen molar-refractivity contribution in [3.05, 3.63) is 54.1 Å². The lowest BCUT2D eigenvalue weighted by atomic mass is 10.2. The van der Waals surface area contributed by atoms with E-state index in [0.717, 1.165) is 34.7 Å². The molecule has 0 saturated carbocycles. The first kappa shape index (κ1) is 24.9. The highest BCUT2D eigenvalue weighted by Gasteiger charge is 2.21. The number of carbonyl (C=O) groups excluding carboxylic acids is 1. The molecule has 2 aromatic heterocycles. The molecule has 0 aliphatic rings. The minimum absolute atomic E-state index is 0.0854. The number of fused-ring (bicyclic) bond motifs is 2. The molecule has 4 aromatic rings. The first-order valence-electron chi connectivity index (χ1n) is 11.8. The van der Waals surface area contributed by atoms with Crippen LogP contribution in [0.1, 0.15) is 44.9 Å². The standard InChI is InChI=1S/C25H32N6O3S/c1-6-30-22-13-12-18(35(33,34)29(4)5)16-20(22)27-23(30)14-15-24(32)26-17(3)25-28-19-10-8-9-11-21(19)31(25)7-2/h8-13,16-17H,6-7,14-15H2,1-5H3,(H,26,32). The molecule has 1 N–H and O–H groups in total. The number of sulfonamides is 1. The van der Waals surface area contributed by atoms with Crippen molar-refractivity contribution in [2.24, 2.45) is 0 Å². The van der Waals surface area contributed by atoms with E-state index in [1.807, 2.05) is 42.7 Å². The molecule has 1 amide bonds. The molecule has 0 aliphatic carbocycles. The van der Waals surface area contributed by atoms with Gasteiger partial charge in [-0.2, -0.15) is 0 Å². The number of nitrogens with zero attached hydrogens (tertiary/aromatic N) is 5. The van der Waals surface area contributed by atoms with Crippen LogP contribution in [0.4, 0.5) is 0 Å². The van der Waals surface area contributed by atoms with Gasteiger partial charge >= 0.3 is 0 Å². The number of amides is 1. The van der Waals surface area contributed by atoms with Crippen molar-refractivity contribution in [2.75, 3.05) is 14.1 Å². The fourth-order valence-electron chi connectivity index (χ4n) is 4.44. The van der Waals surface area contributed by atoms with Crippen molar-refractivity contribution in [1.29, 1.82) is 0 Å². The molecule has 2 aromatic carbocycles. The lowest BCUT2D eigenvalue weighted by Crippen LogP contribution is -2.29. The van der Waals surface area contributed by atoms with Crippen molar-refractivity contribution in [3.63, 3.8) is 0 Å². The molecule has 0 spiro atoms. The van der Waals surface area contributed by atoms with E-state index in [4.69, 9.17) is 4.98 Å². The van der Waals surface area contributed by atoms with Crippen molar-refractivity contribution >= 4 is 38.0 Å². The van der Waals surface area contributed by atoms with Crippen LogP contribution < -0.4 is 5.32 Å². The maximum Gasteiger partial charge on any atom is 0.242 e. The van der Waals surface area contributed by atoms with Crippen LogP contribution >= 0.6 is 0 Å². The zero-order valence-corrected chi connectivity index (χ0v) is 21.6. The second-order valence-corrected chi connectivity index (χ2v) is 10.9. The van der Waals surface area contributed by atoms with Crippen LogP contribution in [0, 0.1) is 0 Å². The third kappa shape index (κ3) is 4.68. The summed E-state index contributed by atoms with van der Waals surface area (Å²) in [6.45, 7) is 7.45. The second-order valence-electron chi connectivity index (χ2n) is 8.70. The molecule has 35 heavy (non-hydrogen) atoms. The fraction of sp³-hybridized carbons (Fsp3) is 0.400. The lowest BCUT2D eigenvalue weighted by molar-refractivity contribution is -0.121. The minimum atomic E-state index is -3.55. The summed E-state index contributed by atoms with van der Waals surface area (Å²) in [5, 5.41) is 3.07. The number of hydrogen-bond acceptors (Lipinski definition) is 5. The molecule has 186 valence electrons. The minimum Gasteiger partial charge on any atom is -0.346 e. The van der Waals surface area contributed by atoms with Crippen LogP contribution in [0.3, 0.4) is 0 Å². The highest BCUT2D eigenvalue weighted by atomic mass is 32.2. The van der Waals surface area contributed by atoms with Crippen LogP contribution in [0.2, 0.25) is 0 Å². The predicted molar refractivity (Wildman–Crippen MR) is 137 cm³/mol. The molecule has 1 unspecified atom stereocenters. The van der Waals surface area contributed by atoms with E-state index >= 15 is 0 Å². The highest BCUT2D eigenvalue weighted by Crippen LogP contribution is 2.24. The van der Waals surface area contributed by atoms with Gasteiger partial charge in [0.1, 0.15) is 11.6 Å². The molecule has 9 nitrogen and oxygen atoms in total. The van der Waals surface area contributed by atoms with Gasteiger partial charge in [0.15, 0.2) is 0 Å². The maximum atomic E-state index is 12.8. The summed E-state index contributed by atoms with van der Waals surface area (Å²) in [4.78, 5) is 22.4. The number of rotatable bonds is 9. The largest absolute Gasteiger partial charge is 0.346 e. The monoisotopic (exact) mass is 496 g/mol. The Balaban J connectivity index is 1.50. The second kappa shape index (κ2) is 9.79. The first-order chi connectivity index (χ1) is 16.7. The quantitative estimate of drug-likeness (QED) is 0.382. The number of carbonyl (C=O) groups is 1. The van der Waals surface area contributed by atoms with Gasteiger partial charge in [0.25, 0.3) is 0 Å². The number of nitrogens with one attached hydrogen (secondary N) is 1. The molecule has 2 heterocycles. The summed E-state index contributed by atoms with van der Waals surface area (Å²) in [7, 11) is -0.538. The van der Waals surface area contributed by atoms with Gasteiger partial charge in [0.2, 0.25) is 15.9 Å². The molecule has 0 aliphatic heterocycles. The Labute approximate surface area is 205 Å². The Hall–Kier alpha value is -3.24. The van der Waals surface area contributed by atoms with E-state index in [1.165, 1.54) is 18.4 Å². The van der Waals surface area contributed by atoms with Gasteiger partial charge in [-0.15, -0.1) is 0 Å². The normalized spacial score (nSPS) is 13.1. The van der Waals surface area contributed by atoms with Crippen LogP contribution in [-0.4, -0.2) is 51.8 Å². The molecule has 10 heteroatoms. The smallest absolute Gasteiger partial charge is 0.242 e. The summed E-state index contributed by atoms with van der Waals surface area (Å²) < 4.78 is 30.3. The molecular weight excluding hydrogens is 464 g/mol. The Kier molecular flexibility index (Phi) is 6.95. The molecule has 4 rings (SSSR count). The number of para-hydroxylation sites is 2. The van der Waals surface area contributed by atoms with E-state index in [2.05, 4.69) is 21.8 Å². The van der Waals surface area contributed by atoms with Crippen molar-refractivity contribution < 1.29 is 13.2 Å². The van der Waals surface area contributed by atoms with Crippen LogP contribution in [0.15, 0.2) is 47.4 Å². The Morgan fingerprint density at radius 2 is 1.69 bits per heavy atom. The van der Waals surface area contributed by atoms with E-state index < -0.39 is 10.0 Å². The zero-order valence-electron chi connectivity index (χ0n) is 20.8. The summed E-state index contributed by atoms with van der Waals surface area (Å²) in [6.07, 6.45) is 0.712. The zero-order chi connectivity index (χ0) is 25.3. The molecule has 0 radical (unpaired) electrons. The Morgan fingerprint density at radius 3 is 2.37 bits per heavy atom. The predicted octanol–water partition coefficient (Wildman–Crippen LogP) is 3.49. The number of imidazole rings is 2. The van der Waals surface area contributed by atoms with Gasteiger partial charge in [-0.3, -0.25) is 4.79 Å². The molecule has 1 atom stereocenters. The Bertz CT molecular complexity index is 1490. The summed E-state index contributed by atoms with van der Waals surface area (Å²) >= 11 is 0. The third-order valence-electron chi connectivity index (χ3n) is 6.23.